The Morgan fingerprint density at radius 1 is 0.788 bits per heavy atom. The summed E-state index contributed by atoms with van der Waals surface area (Å²) in [5, 5.41) is 0. The molecule has 2 amide bonds. The molecule has 180 valence electrons. The number of nitrogens with zero attached hydrogens (tertiary/aromatic N) is 2. The van der Waals surface area contributed by atoms with E-state index in [4.69, 9.17) is 18.9 Å². The molecule has 1 rings (SSSR count). The molecular weight excluding hydrogens is 432 g/mol. The van der Waals surface area contributed by atoms with Crippen LogP contribution in [0.3, 0.4) is 0 Å². The second-order valence-electron chi connectivity index (χ2n) is 6.44. The Labute approximate surface area is 193 Å². The van der Waals surface area contributed by atoms with Gasteiger partial charge in [0.1, 0.15) is 13.2 Å². The zero-order valence-corrected chi connectivity index (χ0v) is 19.2. The third kappa shape index (κ3) is 8.68. The number of carbonyl (C=O) groups is 4. The first-order valence-corrected chi connectivity index (χ1v) is 10.4. The molecule has 0 saturated carbocycles. The molecular formula is C23H30N2O8. The summed E-state index contributed by atoms with van der Waals surface area (Å²) < 4.78 is 20.3. The summed E-state index contributed by atoms with van der Waals surface area (Å²) in [6.07, 6.45) is 0.638. The number of anilines is 2. The van der Waals surface area contributed by atoms with Crippen molar-refractivity contribution in [1.82, 2.24) is 0 Å². The Bertz CT molecular complexity index is 868. The van der Waals surface area contributed by atoms with Crippen LogP contribution in [0.4, 0.5) is 21.0 Å². The highest BCUT2D eigenvalue weighted by Gasteiger charge is 2.27. The van der Waals surface area contributed by atoms with Gasteiger partial charge in [-0.3, -0.25) is 9.80 Å². The van der Waals surface area contributed by atoms with Gasteiger partial charge in [-0.2, -0.15) is 0 Å². The van der Waals surface area contributed by atoms with Crippen molar-refractivity contribution >= 4 is 35.5 Å². The van der Waals surface area contributed by atoms with Crippen molar-refractivity contribution in [3.63, 3.8) is 0 Å². The molecule has 0 radical (unpaired) electrons. The summed E-state index contributed by atoms with van der Waals surface area (Å²) in [7, 11) is 0. The van der Waals surface area contributed by atoms with Crippen molar-refractivity contribution < 1.29 is 38.1 Å². The lowest BCUT2D eigenvalue weighted by atomic mass is 10.1. The highest BCUT2D eigenvalue weighted by Crippen LogP contribution is 2.32. The molecule has 0 N–H and O–H groups in total. The monoisotopic (exact) mass is 462 g/mol. The highest BCUT2D eigenvalue weighted by molar-refractivity contribution is 5.98. The zero-order valence-electron chi connectivity index (χ0n) is 19.2. The summed E-state index contributed by atoms with van der Waals surface area (Å²) in [5.74, 6) is -1.28. The highest BCUT2D eigenvalue weighted by atomic mass is 16.6. The Kier molecular flexibility index (Phi) is 11.8. The van der Waals surface area contributed by atoms with E-state index < -0.39 is 24.1 Å². The molecule has 0 aliphatic carbocycles. The van der Waals surface area contributed by atoms with Crippen LogP contribution in [0, 0.1) is 6.92 Å². The van der Waals surface area contributed by atoms with Crippen LogP contribution in [0.15, 0.2) is 43.5 Å². The van der Waals surface area contributed by atoms with E-state index in [2.05, 4.69) is 13.2 Å². The van der Waals surface area contributed by atoms with Crippen LogP contribution in [-0.4, -0.2) is 63.6 Å². The molecule has 0 spiro atoms. The van der Waals surface area contributed by atoms with Gasteiger partial charge in [0.2, 0.25) is 0 Å². The van der Waals surface area contributed by atoms with Gasteiger partial charge < -0.3 is 18.9 Å². The van der Waals surface area contributed by atoms with Crippen molar-refractivity contribution in [3.8, 4) is 0 Å². The smallest absolute Gasteiger partial charge is 0.414 e. The Morgan fingerprint density at radius 3 is 1.67 bits per heavy atom. The average molecular weight is 462 g/mol. The van der Waals surface area contributed by atoms with Crippen molar-refractivity contribution in [2.24, 2.45) is 0 Å². The first-order valence-electron chi connectivity index (χ1n) is 10.4. The minimum atomic E-state index is -0.695. The van der Waals surface area contributed by atoms with E-state index >= 15 is 0 Å². The van der Waals surface area contributed by atoms with Gasteiger partial charge >= 0.3 is 24.1 Å². The van der Waals surface area contributed by atoms with Gasteiger partial charge in [0.05, 0.1) is 37.7 Å². The fourth-order valence-corrected chi connectivity index (χ4v) is 2.69. The predicted octanol–water partition coefficient (Wildman–Crippen LogP) is 3.38. The fraction of sp³-hybridized carbons (Fsp3) is 0.391. The summed E-state index contributed by atoms with van der Waals surface area (Å²) in [6, 6.07) is 5.07. The van der Waals surface area contributed by atoms with E-state index in [0.29, 0.717) is 11.4 Å². The molecule has 0 unspecified atom stereocenters. The SMILES string of the molecule is C=CC(=O)OCCN(C(=O)OCC)c1ccc(C)cc1N(CCOC(=O)C=C)C(=O)OCC. The van der Waals surface area contributed by atoms with Crippen molar-refractivity contribution in [2.75, 3.05) is 49.3 Å². The van der Waals surface area contributed by atoms with Gasteiger partial charge in [0.25, 0.3) is 0 Å². The maximum Gasteiger partial charge on any atom is 0.414 e. The fourth-order valence-electron chi connectivity index (χ4n) is 2.69. The quantitative estimate of drug-likeness (QED) is 0.264. The molecule has 33 heavy (non-hydrogen) atoms. The number of hydrogen-bond donors (Lipinski definition) is 0. The van der Waals surface area contributed by atoms with Crippen LogP contribution < -0.4 is 9.80 Å². The summed E-state index contributed by atoms with van der Waals surface area (Å²) in [6.45, 7) is 11.7. The van der Waals surface area contributed by atoms with Crippen LogP contribution in [0.5, 0.6) is 0 Å². The predicted molar refractivity (Wildman–Crippen MR) is 122 cm³/mol. The summed E-state index contributed by atoms with van der Waals surface area (Å²) in [4.78, 5) is 50.8. The van der Waals surface area contributed by atoms with Crippen LogP contribution in [-0.2, 0) is 28.5 Å². The molecule has 0 aromatic heterocycles. The number of amides is 2. The molecule has 0 heterocycles. The van der Waals surface area contributed by atoms with Gasteiger partial charge in [0.15, 0.2) is 0 Å². The van der Waals surface area contributed by atoms with E-state index in [1.807, 2.05) is 6.92 Å². The van der Waals surface area contributed by atoms with Crippen molar-refractivity contribution in [3.05, 3.63) is 49.1 Å². The molecule has 0 atom stereocenters. The van der Waals surface area contributed by atoms with Gasteiger partial charge in [-0.05, 0) is 38.5 Å². The molecule has 10 heteroatoms. The third-order valence-corrected chi connectivity index (χ3v) is 4.14. The minimum absolute atomic E-state index is 0.0447. The summed E-state index contributed by atoms with van der Waals surface area (Å²) >= 11 is 0. The lowest BCUT2D eigenvalue weighted by Gasteiger charge is -2.29. The number of aryl methyl sites for hydroxylation is 1. The normalized spacial score (nSPS) is 9.91. The van der Waals surface area contributed by atoms with E-state index in [0.717, 1.165) is 17.7 Å². The molecule has 0 aliphatic heterocycles. The van der Waals surface area contributed by atoms with E-state index in [1.54, 1.807) is 32.0 Å². The standard InChI is InChI=1S/C23H30N2O8/c1-6-20(26)32-14-12-24(22(28)30-8-3)18-11-10-17(5)16-19(18)25(23(29)31-9-4)13-15-33-21(27)7-2/h6-7,10-11,16H,1-2,8-9,12-15H2,3-5H3. The van der Waals surface area contributed by atoms with Crippen LogP contribution in [0.1, 0.15) is 19.4 Å². The number of carbonyl (C=O) groups excluding carboxylic acids is 4. The summed E-state index contributed by atoms with van der Waals surface area (Å²) in [5.41, 5.74) is 1.44. The van der Waals surface area contributed by atoms with Gasteiger partial charge in [-0.15, -0.1) is 0 Å². The van der Waals surface area contributed by atoms with Crippen LogP contribution >= 0.6 is 0 Å². The lowest BCUT2D eigenvalue weighted by molar-refractivity contribution is -0.138. The van der Waals surface area contributed by atoms with Gasteiger partial charge in [-0.25, -0.2) is 19.2 Å². The molecule has 10 nitrogen and oxygen atoms in total. The first-order chi connectivity index (χ1) is 15.8. The maximum absolute atomic E-state index is 12.7. The number of ether oxygens (including phenoxy) is 4. The molecule has 0 fully saturated rings. The topological polar surface area (TPSA) is 112 Å². The van der Waals surface area contributed by atoms with Crippen LogP contribution in [0.25, 0.3) is 0 Å². The minimum Gasteiger partial charge on any atom is -0.461 e. The molecule has 0 bridgehead atoms. The van der Waals surface area contributed by atoms with E-state index in [1.165, 1.54) is 9.80 Å². The number of benzene rings is 1. The zero-order chi connectivity index (χ0) is 24.8. The molecule has 1 aromatic rings. The Hall–Kier alpha value is -3.82. The van der Waals surface area contributed by atoms with Crippen LogP contribution in [0.2, 0.25) is 0 Å². The maximum atomic E-state index is 12.7. The third-order valence-electron chi connectivity index (χ3n) is 4.14. The number of esters is 2. The lowest BCUT2D eigenvalue weighted by Crippen LogP contribution is -2.39. The second-order valence-corrected chi connectivity index (χ2v) is 6.44. The Balaban J connectivity index is 3.37. The molecule has 0 saturated heterocycles. The largest absolute Gasteiger partial charge is 0.461 e. The average Bonchev–Trinajstić information content (AvgIpc) is 2.79. The van der Waals surface area contributed by atoms with Gasteiger partial charge in [-0.1, -0.05) is 19.2 Å². The number of hydrogen-bond acceptors (Lipinski definition) is 8. The molecule has 1 aromatic carbocycles. The van der Waals surface area contributed by atoms with E-state index in [9.17, 15) is 19.2 Å². The van der Waals surface area contributed by atoms with E-state index in [-0.39, 0.29) is 39.5 Å². The van der Waals surface area contributed by atoms with Gasteiger partial charge in [0, 0.05) is 12.2 Å². The Morgan fingerprint density at radius 2 is 1.24 bits per heavy atom. The van der Waals surface area contributed by atoms with Crippen molar-refractivity contribution in [2.45, 2.75) is 20.8 Å². The molecule has 0 aliphatic rings. The first kappa shape index (κ1) is 27.2. The second kappa shape index (κ2) is 14.3. The number of rotatable bonds is 12. The van der Waals surface area contributed by atoms with Crippen molar-refractivity contribution in [1.29, 1.82) is 0 Å².